The highest BCUT2D eigenvalue weighted by molar-refractivity contribution is 6.30. The van der Waals surface area contributed by atoms with Crippen LogP contribution in [-0.2, 0) is 6.54 Å². The van der Waals surface area contributed by atoms with Crippen LogP contribution in [0.5, 0.6) is 11.5 Å². The Labute approximate surface area is 180 Å². The number of methoxy groups -OCH3 is 2. The molecule has 158 valence electrons. The van der Waals surface area contributed by atoms with Crippen LogP contribution in [0, 0.1) is 19.7 Å². The van der Waals surface area contributed by atoms with Gasteiger partial charge < -0.3 is 18.9 Å². The van der Waals surface area contributed by atoms with Crippen molar-refractivity contribution in [3.8, 4) is 11.5 Å². The molecule has 0 saturated heterocycles. The maximum absolute atomic E-state index is 13.6. The summed E-state index contributed by atoms with van der Waals surface area (Å²) in [5.74, 6) is 1.22. The molecule has 0 spiro atoms. The van der Waals surface area contributed by atoms with E-state index in [1.807, 2.05) is 42.5 Å². The molecule has 3 rings (SSSR count). The smallest absolute Gasteiger partial charge is 0.225 e. The highest BCUT2D eigenvalue weighted by Crippen LogP contribution is 2.32. The highest BCUT2D eigenvalue weighted by Gasteiger charge is 2.16. The Hall–Kier alpha value is -2.99. The molecule has 0 fully saturated rings. The largest absolute Gasteiger partial charge is 0.496 e. The van der Waals surface area contributed by atoms with Crippen molar-refractivity contribution < 1.29 is 13.9 Å². The predicted octanol–water partition coefficient (Wildman–Crippen LogP) is 5.09. The lowest BCUT2D eigenvalue weighted by Gasteiger charge is -2.26. The van der Waals surface area contributed by atoms with Crippen molar-refractivity contribution in [3.05, 3.63) is 80.3 Å². The van der Waals surface area contributed by atoms with Gasteiger partial charge in [-0.2, -0.15) is 0 Å². The number of aryl methyl sites for hydroxylation is 2. The third-order valence-corrected chi connectivity index (χ3v) is 5.34. The third-order valence-electron chi connectivity index (χ3n) is 5.05. The molecule has 1 aromatic heterocycles. The summed E-state index contributed by atoms with van der Waals surface area (Å²) < 4.78 is 26.1. The van der Waals surface area contributed by atoms with E-state index in [9.17, 15) is 9.18 Å². The quantitative estimate of drug-likeness (QED) is 0.546. The molecule has 30 heavy (non-hydrogen) atoms. The standard InChI is InChI=1S/C23H24ClFN2O3/c1-14-9-21(29-4)15(2)8-19(14)26(3)23-11-20(28)22(30-5)13-27(23)12-16-6-7-18(25)17(24)10-16/h6-11,13H,12H2,1-5H3. The average molecular weight is 431 g/mol. The fourth-order valence-electron chi connectivity index (χ4n) is 3.43. The minimum atomic E-state index is -0.473. The zero-order valence-corrected chi connectivity index (χ0v) is 18.4. The average Bonchev–Trinajstić information content (AvgIpc) is 2.72. The van der Waals surface area contributed by atoms with E-state index in [1.54, 1.807) is 25.4 Å². The first kappa shape index (κ1) is 21.7. The maximum Gasteiger partial charge on any atom is 0.225 e. The third kappa shape index (κ3) is 4.28. The van der Waals surface area contributed by atoms with Crippen LogP contribution in [0.3, 0.4) is 0 Å². The molecule has 0 radical (unpaired) electrons. The molecule has 0 saturated carbocycles. The van der Waals surface area contributed by atoms with Gasteiger partial charge in [0, 0.05) is 25.3 Å². The first-order chi connectivity index (χ1) is 14.2. The number of pyridine rings is 1. The van der Waals surface area contributed by atoms with Gasteiger partial charge in [0.25, 0.3) is 0 Å². The second kappa shape index (κ2) is 8.79. The predicted molar refractivity (Wildman–Crippen MR) is 118 cm³/mol. The Morgan fingerprint density at radius 1 is 1.03 bits per heavy atom. The summed E-state index contributed by atoms with van der Waals surface area (Å²) in [4.78, 5) is 14.4. The van der Waals surface area contributed by atoms with Crippen molar-refractivity contribution in [2.24, 2.45) is 0 Å². The number of aromatic nitrogens is 1. The van der Waals surface area contributed by atoms with Crippen LogP contribution < -0.4 is 19.8 Å². The summed E-state index contributed by atoms with van der Waals surface area (Å²) in [6, 6.07) is 10.1. The molecule has 0 atom stereocenters. The number of anilines is 2. The van der Waals surface area contributed by atoms with E-state index in [1.165, 1.54) is 19.2 Å². The summed E-state index contributed by atoms with van der Waals surface area (Å²) in [6.07, 6.45) is 1.65. The van der Waals surface area contributed by atoms with Crippen molar-refractivity contribution in [3.63, 3.8) is 0 Å². The van der Waals surface area contributed by atoms with E-state index in [2.05, 4.69) is 0 Å². The zero-order valence-electron chi connectivity index (χ0n) is 17.6. The van der Waals surface area contributed by atoms with Gasteiger partial charge in [-0.25, -0.2) is 4.39 Å². The number of ether oxygens (including phenoxy) is 2. The van der Waals surface area contributed by atoms with Crippen molar-refractivity contribution >= 4 is 23.1 Å². The van der Waals surface area contributed by atoms with E-state index in [0.717, 1.165) is 28.1 Å². The topological polar surface area (TPSA) is 43.7 Å². The summed E-state index contributed by atoms with van der Waals surface area (Å²) in [5, 5.41) is 0.0528. The molecule has 0 unspecified atom stereocenters. The number of hydrogen-bond acceptors (Lipinski definition) is 4. The molecule has 2 aromatic carbocycles. The van der Waals surface area contributed by atoms with Crippen LogP contribution in [0.1, 0.15) is 16.7 Å². The lowest BCUT2D eigenvalue weighted by molar-refractivity contribution is 0.405. The highest BCUT2D eigenvalue weighted by atomic mass is 35.5. The first-order valence-corrected chi connectivity index (χ1v) is 9.74. The minimum Gasteiger partial charge on any atom is -0.496 e. The SMILES string of the molecule is COc1cc(C)c(N(C)c2cc(=O)c(OC)cn2Cc2ccc(F)c(Cl)c2)cc1C. The van der Waals surface area contributed by atoms with Gasteiger partial charge in [0.1, 0.15) is 17.4 Å². The van der Waals surface area contributed by atoms with Crippen LogP contribution in [-0.4, -0.2) is 25.8 Å². The Morgan fingerprint density at radius 2 is 1.73 bits per heavy atom. The van der Waals surface area contributed by atoms with E-state index in [0.29, 0.717) is 12.4 Å². The Bertz CT molecular complexity index is 1140. The van der Waals surface area contributed by atoms with Crippen molar-refractivity contribution in [2.75, 3.05) is 26.2 Å². The lowest BCUT2D eigenvalue weighted by atomic mass is 10.1. The van der Waals surface area contributed by atoms with Gasteiger partial charge in [-0.1, -0.05) is 17.7 Å². The first-order valence-electron chi connectivity index (χ1n) is 9.36. The molecule has 0 aliphatic heterocycles. The molecule has 0 aliphatic carbocycles. The molecule has 1 heterocycles. The van der Waals surface area contributed by atoms with Crippen LogP contribution in [0.2, 0.25) is 5.02 Å². The number of hydrogen-bond donors (Lipinski definition) is 0. The number of benzene rings is 2. The summed E-state index contributed by atoms with van der Waals surface area (Å²) in [7, 11) is 4.99. The molecule has 0 amide bonds. The van der Waals surface area contributed by atoms with E-state index in [4.69, 9.17) is 21.1 Å². The number of halogens is 2. The fraction of sp³-hybridized carbons (Fsp3) is 0.261. The minimum absolute atomic E-state index is 0.0528. The lowest BCUT2D eigenvalue weighted by Crippen LogP contribution is -2.21. The molecule has 5 nitrogen and oxygen atoms in total. The van der Waals surface area contributed by atoms with E-state index < -0.39 is 5.82 Å². The van der Waals surface area contributed by atoms with Crippen molar-refractivity contribution in [2.45, 2.75) is 20.4 Å². The monoisotopic (exact) mass is 430 g/mol. The van der Waals surface area contributed by atoms with E-state index >= 15 is 0 Å². The molecular formula is C23H24ClFN2O3. The van der Waals surface area contributed by atoms with Gasteiger partial charge in [0.05, 0.1) is 25.4 Å². The van der Waals surface area contributed by atoms with Gasteiger partial charge in [0.2, 0.25) is 5.43 Å². The van der Waals surface area contributed by atoms with Crippen LogP contribution in [0.4, 0.5) is 15.9 Å². The zero-order chi connectivity index (χ0) is 22.0. The van der Waals surface area contributed by atoms with Gasteiger partial charge in [-0.05, 0) is 54.8 Å². The van der Waals surface area contributed by atoms with Crippen LogP contribution >= 0.6 is 11.6 Å². The van der Waals surface area contributed by atoms with Crippen molar-refractivity contribution in [1.82, 2.24) is 4.57 Å². The molecule has 3 aromatic rings. The van der Waals surface area contributed by atoms with Crippen molar-refractivity contribution in [1.29, 1.82) is 0 Å². The fourth-order valence-corrected chi connectivity index (χ4v) is 3.63. The van der Waals surface area contributed by atoms with Gasteiger partial charge in [-0.15, -0.1) is 0 Å². The van der Waals surface area contributed by atoms with Crippen LogP contribution in [0.25, 0.3) is 0 Å². The molecule has 7 heteroatoms. The summed E-state index contributed by atoms with van der Waals surface area (Å²) in [6.45, 7) is 4.33. The molecular weight excluding hydrogens is 407 g/mol. The van der Waals surface area contributed by atoms with Crippen LogP contribution in [0.15, 0.2) is 47.4 Å². The number of nitrogens with zero attached hydrogens (tertiary/aromatic N) is 2. The van der Waals surface area contributed by atoms with Gasteiger partial charge >= 0.3 is 0 Å². The van der Waals surface area contributed by atoms with Gasteiger partial charge in [0.15, 0.2) is 5.75 Å². The van der Waals surface area contributed by atoms with Gasteiger partial charge in [-0.3, -0.25) is 4.79 Å². The summed E-state index contributed by atoms with van der Waals surface area (Å²) >= 11 is 5.95. The van der Waals surface area contributed by atoms with E-state index in [-0.39, 0.29) is 16.2 Å². The second-order valence-corrected chi connectivity index (χ2v) is 7.52. The maximum atomic E-state index is 13.6. The molecule has 0 N–H and O–H groups in total. The Kier molecular flexibility index (Phi) is 6.37. The molecule has 0 aliphatic rings. The summed E-state index contributed by atoms with van der Waals surface area (Å²) in [5.41, 5.74) is 3.49. The Balaban J connectivity index is 2.11. The Morgan fingerprint density at radius 3 is 2.37 bits per heavy atom. The molecule has 0 bridgehead atoms. The second-order valence-electron chi connectivity index (χ2n) is 7.11. The number of rotatable bonds is 6. The normalized spacial score (nSPS) is 10.8.